The fourth-order valence-electron chi connectivity index (χ4n) is 5.85. The molecule has 6 rings (SSSR count). The molecule has 0 radical (unpaired) electrons. The Kier molecular flexibility index (Phi) is 9.33. The lowest BCUT2D eigenvalue weighted by atomic mass is 10.0. The molecule has 4 aromatic rings. The van der Waals surface area contributed by atoms with Crippen molar-refractivity contribution < 1.29 is 14.2 Å². The summed E-state index contributed by atoms with van der Waals surface area (Å²) in [5.41, 5.74) is 3.99. The van der Waals surface area contributed by atoms with E-state index in [9.17, 15) is 5.26 Å². The number of hydrogen-bond acceptors (Lipinski definition) is 12. The van der Waals surface area contributed by atoms with Gasteiger partial charge >= 0.3 is 0 Å². The number of morpholine rings is 1. The number of nitrogens with zero attached hydrogens (tertiary/aromatic N) is 9. The lowest BCUT2D eigenvalue weighted by Gasteiger charge is -2.40. The van der Waals surface area contributed by atoms with E-state index in [2.05, 4.69) is 58.7 Å². The lowest BCUT2D eigenvalue weighted by Crippen LogP contribution is -2.49. The zero-order chi connectivity index (χ0) is 31.2. The number of rotatable bonds is 10. The summed E-state index contributed by atoms with van der Waals surface area (Å²) in [5.74, 6) is 2.24. The number of aromatic nitrogens is 6. The van der Waals surface area contributed by atoms with Crippen molar-refractivity contribution in [3.05, 3.63) is 60.2 Å². The van der Waals surface area contributed by atoms with Crippen LogP contribution in [0, 0.1) is 18.3 Å². The fourth-order valence-corrected chi connectivity index (χ4v) is 5.85. The lowest BCUT2D eigenvalue weighted by molar-refractivity contribution is 0.0115. The minimum absolute atomic E-state index is 0.285. The van der Waals surface area contributed by atoms with Gasteiger partial charge in [0.05, 0.1) is 38.1 Å². The van der Waals surface area contributed by atoms with E-state index in [-0.39, 0.29) is 6.10 Å². The third-order valence-corrected chi connectivity index (χ3v) is 8.21. The van der Waals surface area contributed by atoms with Crippen LogP contribution in [0.25, 0.3) is 11.1 Å². The van der Waals surface area contributed by atoms with Crippen LogP contribution in [-0.4, -0.2) is 93.7 Å². The Bertz CT molecular complexity index is 1620. The van der Waals surface area contributed by atoms with Crippen molar-refractivity contribution >= 4 is 17.3 Å². The van der Waals surface area contributed by atoms with Gasteiger partial charge in [-0.1, -0.05) is 6.07 Å². The van der Waals surface area contributed by atoms with Gasteiger partial charge in [-0.15, -0.1) is 10.2 Å². The van der Waals surface area contributed by atoms with Crippen LogP contribution in [0.3, 0.4) is 0 Å². The van der Waals surface area contributed by atoms with Gasteiger partial charge in [0.25, 0.3) is 0 Å². The van der Waals surface area contributed by atoms with Crippen LogP contribution in [0.2, 0.25) is 0 Å². The van der Waals surface area contributed by atoms with E-state index in [1.807, 2.05) is 25.1 Å². The Labute approximate surface area is 262 Å². The van der Waals surface area contributed by atoms with E-state index in [0.717, 1.165) is 80.5 Å². The Morgan fingerprint density at radius 2 is 1.80 bits per heavy atom. The van der Waals surface area contributed by atoms with E-state index < -0.39 is 0 Å². The highest BCUT2D eigenvalue weighted by Gasteiger charge is 2.26. The summed E-state index contributed by atoms with van der Waals surface area (Å²) < 4.78 is 17.4. The van der Waals surface area contributed by atoms with Gasteiger partial charge in [0.1, 0.15) is 23.7 Å². The number of nitriles is 1. The molecule has 2 fully saturated rings. The van der Waals surface area contributed by atoms with Crippen molar-refractivity contribution in [3.8, 4) is 28.7 Å². The molecule has 0 saturated carbocycles. The van der Waals surface area contributed by atoms with Crippen molar-refractivity contribution in [2.45, 2.75) is 45.4 Å². The van der Waals surface area contributed by atoms with Gasteiger partial charge in [-0.2, -0.15) is 10.1 Å². The highest BCUT2D eigenvalue weighted by atomic mass is 16.5. The summed E-state index contributed by atoms with van der Waals surface area (Å²) in [4.78, 5) is 15.6. The largest absolute Gasteiger partial charge is 0.494 e. The molecule has 0 aliphatic carbocycles. The highest BCUT2D eigenvalue weighted by Crippen LogP contribution is 2.33. The van der Waals surface area contributed by atoms with Crippen molar-refractivity contribution in [3.63, 3.8) is 0 Å². The van der Waals surface area contributed by atoms with Gasteiger partial charge < -0.3 is 24.4 Å². The number of benzene rings is 2. The second kappa shape index (κ2) is 13.9. The van der Waals surface area contributed by atoms with Gasteiger partial charge in [-0.3, -0.25) is 4.90 Å². The number of anilines is 3. The summed E-state index contributed by atoms with van der Waals surface area (Å²) in [6.45, 7) is 9.86. The molecule has 2 aliphatic rings. The molecule has 1 N–H and O–H groups in total. The van der Waals surface area contributed by atoms with E-state index in [1.165, 1.54) is 4.80 Å². The smallest absolute Gasteiger partial charge is 0.227 e. The third kappa shape index (κ3) is 7.30. The van der Waals surface area contributed by atoms with Crippen LogP contribution >= 0.6 is 0 Å². The second-order valence-electron chi connectivity index (χ2n) is 11.3. The van der Waals surface area contributed by atoms with Crippen LogP contribution in [0.1, 0.15) is 31.2 Å². The van der Waals surface area contributed by atoms with Gasteiger partial charge in [0, 0.05) is 61.9 Å². The van der Waals surface area contributed by atoms with Gasteiger partial charge in [-0.05, 0) is 61.7 Å². The highest BCUT2D eigenvalue weighted by molar-refractivity contribution is 5.70. The topological polar surface area (TPSA) is 139 Å². The minimum atomic E-state index is -0.285. The van der Waals surface area contributed by atoms with Crippen LogP contribution < -0.4 is 19.7 Å². The molecular weight excluding hydrogens is 572 g/mol. The molecule has 2 saturated heterocycles. The molecule has 0 spiro atoms. The van der Waals surface area contributed by atoms with E-state index in [0.29, 0.717) is 35.7 Å². The van der Waals surface area contributed by atoms with E-state index in [1.54, 1.807) is 32.5 Å². The molecule has 45 heavy (non-hydrogen) atoms. The van der Waals surface area contributed by atoms with E-state index >= 15 is 0 Å². The first-order chi connectivity index (χ1) is 22.0. The monoisotopic (exact) mass is 610 g/mol. The molecule has 1 unspecified atom stereocenters. The summed E-state index contributed by atoms with van der Waals surface area (Å²) in [6.07, 6.45) is 5.49. The molecule has 13 nitrogen and oxygen atoms in total. The molecule has 2 aromatic carbocycles. The van der Waals surface area contributed by atoms with Crippen LogP contribution in [-0.2, 0) is 11.3 Å². The predicted octanol–water partition coefficient (Wildman–Crippen LogP) is 3.83. The maximum Gasteiger partial charge on any atom is 0.227 e. The normalized spacial score (nSPS) is 16.6. The number of nitrogens with one attached hydrogen (secondary N) is 1. The Balaban J connectivity index is 1.09. The molecular formula is C32H38N10O3. The second-order valence-corrected chi connectivity index (χ2v) is 11.3. The molecule has 13 heteroatoms. The first kappa shape index (κ1) is 30.2. The molecule has 2 aromatic heterocycles. The standard InChI is InChI=1S/C32H38N10O3/c1-22(21-42-38-23(2)37-39-42)45-30-16-24(4-5-25(30)18-33)26-19-34-32(35-20-26)36-29-7-6-28(17-31(29)43-3)40-10-8-27(9-11-40)41-12-14-44-15-13-41/h4-7,16-17,19-20,22,27H,8-15,21H2,1-3H3,(H,34,35,36). The molecule has 234 valence electrons. The quantitative estimate of drug-likeness (QED) is 0.279. The minimum Gasteiger partial charge on any atom is -0.494 e. The fraction of sp³-hybridized carbons (Fsp3) is 0.438. The van der Waals surface area contributed by atoms with Gasteiger partial charge in [-0.25, -0.2) is 9.97 Å². The first-order valence-electron chi connectivity index (χ1n) is 15.3. The van der Waals surface area contributed by atoms with Crippen LogP contribution in [0.15, 0.2) is 48.8 Å². The summed E-state index contributed by atoms with van der Waals surface area (Å²) in [5, 5.41) is 25.0. The van der Waals surface area contributed by atoms with Crippen molar-refractivity contribution in [2.75, 3.05) is 56.7 Å². The third-order valence-electron chi connectivity index (χ3n) is 8.21. The van der Waals surface area contributed by atoms with E-state index in [4.69, 9.17) is 14.2 Å². The van der Waals surface area contributed by atoms with Crippen molar-refractivity contribution in [2.24, 2.45) is 0 Å². The summed E-state index contributed by atoms with van der Waals surface area (Å²) in [7, 11) is 1.67. The van der Waals surface area contributed by atoms with Crippen molar-refractivity contribution in [1.29, 1.82) is 5.26 Å². The van der Waals surface area contributed by atoms with Crippen LogP contribution in [0.4, 0.5) is 17.3 Å². The average molecular weight is 611 g/mol. The molecule has 1 atom stereocenters. The summed E-state index contributed by atoms with van der Waals surface area (Å²) >= 11 is 0. The molecule has 2 aliphatic heterocycles. The number of hydrogen-bond donors (Lipinski definition) is 1. The van der Waals surface area contributed by atoms with Gasteiger partial charge in [0.2, 0.25) is 5.95 Å². The maximum absolute atomic E-state index is 9.63. The summed E-state index contributed by atoms with van der Waals surface area (Å²) in [6, 6.07) is 14.5. The molecule has 0 bridgehead atoms. The molecule has 4 heterocycles. The SMILES string of the molecule is COc1cc(N2CCC(N3CCOCC3)CC2)ccc1Nc1ncc(-c2ccc(C#N)c(OC(C)Cn3nnc(C)n3)c2)cn1. The van der Waals surface area contributed by atoms with Crippen LogP contribution in [0.5, 0.6) is 11.5 Å². The number of ether oxygens (including phenoxy) is 3. The number of tetrazole rings is 1. The Morgan fingerprint density at radius 1 is 1.02 bits per heavy atom. The molecule has 0 amide bonds. The predicted molar refractivity (Wildman–Crippen MR) is 169 cm³/mol. The Morgan fingerprint density at radius 3 is 2.49 bits per heavy atom. The Hall–Kier alpha value is -4.80. The maximum atomic E-state index is 9.63. The number of methoxy groups -OCH3 is 1. The zero-order valence-corrected chi connectivity index (χ0v) is 25.9. The zero-order valence-electron chi connectivity index (χ0n) is 25.9. The van der Waals surface area contributed by atoms with Gasteiger partial charge in [0.15, 0.2) is 5.82 Å². The average Bonchev–Trinajstić information content (AvgIpc) is 3.49. The van der Waals surface area contributed by atoms with Crippen molar-refractivity contribution in [1.82, 2.24) is 35.1 Å². The number of aryl methyl sites for hydroxylation is 1. The number of piperidine rings is 1. The first-order valence-corrected chi connectivity index (χ1v) is 15.3.